The fraction of sp³-hybridized carbons (Fsp3) is 0.111. The van der Waals surface area contributed by atoms with E-state index >= 15 is 0 Å². The Bertz CT molecular complexity index is 1250. The molecule has 0 radical (unpaired) electrons. The number of nitrogens with zero attached hydrogens (tertiary/aromatic N) is 2. The molecule has 36 heavy (non-hydrogen) atoms. The molecule has 4 rings (SSSR count). The van der Waals surface area contributed by atoms with Crippen LogP contribution in [0.25, 0.3) is 0 Å². The molecule has 9 heteroatoms. The van der Waals surface area contributed by atoms with Crippen LogP contribution in [0.1, 0.15) is 6.92 Å². The van der Waals surface area contributed by atoms with Crippen LogP contribution in [-0.4, -0.2) is 17.9 Å². The second-order valence-electron chi connectivity index (χ2n) is 8.44. The summed E-state index contributed by atoms with van der Waals surface area (Å²) in [7, 11) is -2.01. The first-order valence-corrected chi connectivity index (χ1v) is 14.0. The molecule has 0 saturated carbocycles. The van der Waals surface area contributed by atoms with Crippen molar-refractivity contribution in [2.75, 3.05) is 0 Å². The molecule has 4 aromatic rings. The van der Waals surface area contributed by atoms with Gasteiger partial charge >= 0.3 is 0 Å². The Morgan fingerprint density at radius 2 is 0.861 bits per heavy atom. The van der Waals surface area contributed by atoms with Crippen LogP contribution >= 0.6 is 0 Å². The van der Waals surface area contributed by atoms with E-state index in [2.05, 4.69) is 37.7 Å². The standard InChI is InChI=1S/C27H24N2O6Si/c1-3-36(2,26-16-12-24(13-17-26)34-22-8-4-20(5-9-22)28(30)31)27-18-14-25(15-19-27)35-23-10-6-21(7-11-23)29(32)33/h4-19H,3H2,1-2H3. The first-order valence-electron chi connectivity index (χ1n) is 11.3. The molecule has 0 aliphatic heterocycles. The second-order valence-corrected chi connectivity index (χ2v) is 13.0. The molecule has 0 fully saturated rings. The van der Waals surface area contributed by atoms with Crippen molar-refractivity contribution >= 4 is 29.8 Å². The Balaban J connectivity index is 1.47. The molecule has 0 aliphatic rings. The van der Waals surface area contributed by atoms with Gasteiger partial charge in [0.25, 0.3) is 11.4 Å². The third-order valence-electron chi connectivity index (χ3n) is 6.26. The molecular weight excluding hydrogens is 476 g/mol. The van der Waals surface area contributed by atoms with E-state index in [1.807, 2.05) is 24.3 Å². The summed E-state index contributed by atoms with van der Waals surface area (Å²) >= 11 is 0. The fourth-order valence-electron chi connectivity index (χ4n) is 3.90. The van der Waals surface area contributed by atoms with Gasteiger partial charge in [-0.1, -0.05) is 54.2 Å². The maximum absolute atomic E-state index is 10.8. The summed E-state index contributed by atoms with van der Waals surface area (Å²) < 4.78 is 11.7. The smallest absolute Gasteiger partial charge is 0.269 e. The summed E-state index contributed by atoms with van der Waals surface area (Å²) in [4.78, 5) is 20.8. The zero-order valence-corrected chi connectivity index (χ0v) is 20.8. The van der Waals surface area contributed by atoms with Crippen LogP contribution in [0.2, 0.25) is 12.6 Å². The van der Waals surface area contributed by atoms with Gasteiger partial charge < -0.3 is 9.47 Å². The summed E-state index contributed by atoms with van der Waals surface area (Å²) in [5.41, 5.74) is 0.0399. The molecule has 0 aliphatic carbocycles. The predicted molar refractivity (Wildman–Crippen MR) is 141 cm³/mol. The number of nitro benzene ring substituents is 2. The van der Waals surface area contributed by atoms with E-state index in [4.69, 9.17) is 9.47 Å². The van der Waals surface area contributed by atoms with Crippen molar-refractivity contribution in [3.63, 3.8) is 0 Å². The van der Waals surface area contributed by atoms with Crippen LogP contribution < -0.4 is 19.8 Å². The highest BCUT2D eigenvalue weighted by atomic mass is 28.3. The van der Waals surface area contributed by atoms with E-state index in [-0.39, 0.29) is 11.4 Å². The minimum absolute atomic E-state index is 0.0200. The highest BCUT2D eigenvalue weighted by Crippen LogP contribution is 2.26. The van der Waals surface area contributed by atoms with Crippen molar-refractivity contribution in [3.05, 3.63) is 117 Å². The number of hydrogen-bond acceptors (Lipinski definition) is 6. The van der Waals surface area contributed by atoms with E-state index in [1.54, 1.807) is 24.3 Å². The molecule has 0 N–H and O–H groups in total. The van der Waals surface area contributed by atoms with E-state index < -0.39 is 17.9 Å². The largest absolute Gasteiger partial charge is 0.457 e. The Morgan fingerprint density at radius 1 is 0.583 bits per heavy atom. The molecule has 0 bridgehead atoms. The van der Waals surface area contributed by atoms with Gasteiger partial charge in [0.15, 0.2) is 0 Å². The topological polar surface area (TPSA) is 105 Å². The molecule has 0 atom stereocenters. The van der Waals surface area contributed by atoms with Gasteiger partial charge in [0, 0.05) is 24.3 Å². The Morgan fingerprint density at radius 3 is 1.11 bits per heavy atom. The highest BCUT2D eigenvalue weighted by Gasteiger charge is 2.29. The SMILES string of the molecule is CC[Si](C)(c1ccc(Oc2ccc([N+](=O)[O-])cc2)cc1)c1ccc(Oc2ccc([N+](=O)[O-])cc2)cc1. The molecule has 0 saturated heterocycles. The van der Waals surface area contributed by atoms with Gasteiger partial charge in [-0.05, 0) is 48.5 Å². The van der Waals surface area contributed by atoms with Crippen molar-refractivity contribution in [2.45, 2.75) is 19.5 Å². The predicted octanol–water partition coefficient (Wildman–Crippen LogP) is 6.30. The van der Waals surface area contributed by atoms with E-state index in [1.165, 1.54) is 34.6 Å². The lowest BCUT2D eigenvalue weighted by molar-refractivity contribution is -0.385. The molecule has 8 nitrogen and oxygen atoms in total. The average molecular weight is 501 g/mol. The molecule has 4 aromatic carbocycles. The first kappa shape index (κ1) is 24.6. The molecule has 182 valence electrons. The van der Waals surface area contributed by atoms with Crippen molar-refractivity contribution in [1.82, 2.24) is 0 Å². The summed E-state index contributed by atoms with van der Waals surface area (Å²) in [5, 5.41) is 24.2. The Kier molecular flexibility index (Phi) is 7.12. The lowest BCUT2D eigenvalue weighted by Crippen LogP contribution is -2.54. The van der Waals surface area contributed by atoms with Gasteiger partial charge in [0.05, 0.1) is 9.85 Å². The number of nitro groups is 2. The lowest BCUT2D eigenvalue weighted by Gasteiger charge is -2.27. The summed E-state index contributed by atoms with van der Waals surface area (Å²) in [6, 6.07) is 29.0. The van der Waals surface area contributed by atoms with Gasteiger partial charge in [0.2, 0.25) is 0 Å². The average Bonchev–Trinajstić information content (AvgIpc) is 2.90. The zero-order chi connectivity index (χ0) is 25.7. The van der Waals surface area contributed by atoms with Crippen molar-refractivity contribution in [3.8, 4) is 23.0 Å². The molecular formula is C27H24N2O6Si. The van der Waals surface area contributed by atoms with Crippen LogP contribution in [0.4, 0.5) is 11.4 Å². The van der Waals surface area contributed by atoms with E-state index in [9.17, 15) is 20.2 Å². The zero-order valence-electron chi connectivity index (χ0n) is 19.8. The number of rotatable bonds is 9. The number of ether oxygens (including phenoxy) is 2. The lowest BCUT2D eigenvalue weighted by atomic mass is 10.3. The molecule has 0 amide bonds. The quantitative estimate of drug-likeness (QED) is 0.152. The van der Waals surface area contributed by atoms with Crippen LogP contribution in [-0.2, 0) is 0 Å². The van der Waals surface area contributed by atoms with Gasteiger partial charge in [-0.2, -0.15) is 0 Å². The van der Waals surface area contributed by atoms with Crippen LogP contribution in [0.3, 0.4) is 0 Å². The maximum atomic E-state index is 10.8. The molecule has 0 aromatic heterocycles. The third kappa shape index (κ3) is 5.42. The summed E-state index contributed by atoms with van der Waals surface area (Å²) in [5.74, 6) is 2.39. The first-order chi connectivity index (χ1) is 17.3. The summed E-state index contributed by atoms with van der Waals surface area (Å²) in [6.07, 6.45) is 0. The minimum atomic E-state index is -2.01. The van der Waals surface area contributed by atoms with Crippen LogP contribution in [0, 0.1) is 20.2 Å². The minimum Gasteiger partial charge on any atom is -0.457 e. The monoisotopic (exact) mass is 500 g/mol. The molecule has 0 heterocycles. The van der Waals surface area contributed by atoms with Crippen molar-refractivity contribution in [1.29, 1.82) is 0 Å². The van der Waals surface area contributed by atoms with Crippen molar-refractivity contribution in [2.24, 2.45) is 0 Å². The number of non-ortho nitro benzene ring substituents is 2. The highest BCUT2D eigenvalue weighted by molar-refractivity contribution is 7.01. The van der Waals surface area contributed by atoms with Gasteiger partial charge in [0.1, 0.15) is 31.1 Å². The van der Waals surface area contributed by atoms with E-state index in [0.717, 1.165) is 6.04 Å². The molecule has 0 unspecified atom stereocenters. The number of hydrogen-bond donors (Lipinski definition) is 0. The van der Waals surface area contributed by atoms with Crippen molar-refractivity contribution < 1.29 is 19.3 Å². The van der Waals surface area contributed by atoms with Crippen LogP contribution in [0.5, 0.6) is 23.0 Å². The molecule has 0 spiro atoms. The third-order valence-corrected chi connectivity index (χ3v) is 10.9. The summed E-state index contributed by atoms with van der Waals surface area (Å²) in [6.45, 7) is 4.50. The Labute approximate surface area is 209 Å². The van der Waals surface area contributed by atoms with Crippen LogP contribution in [0.15, 0.2) is 97.1 Å². The van der Waals surface area contributed by atoms with E-state index in [0.29, 0.717) is 23.0 Å². The van der Waals surface area contributed by atoms with Gasteiger partial charge in [-0.25, -0.2) is 0 Å². The number of benzene rings is 4. The maximum Gasteiger partial charge on any atom is 0.269 e. The van der Waals surface area contributed by atoms with Gasteiger partial charge in [-0.3, -0.25) is 20.2 Å². The normalized spacial score (nSPS) is 11.1. The second kappa shape index (κ2) is 10.4. The van der Waals surface area contributed by atoms with Gasteiger partial charge in [-0.15, -0.1) is 0 Å². The fourth-order valence-corrected chi connectivity index (χ4v) is 6.86. The Hall–Kier alpha value is -4.50.